The highest BCUT2D eigenvalue weighted by Gasteiger charge is 2.33. The smallest absolute Gasteiger partial charge is 0.273 e. The fourth-order valence-electron chi connectivity index (χ4n) is 2.84. The van der Waals surface area contributed by atoms with Crippen molar-refractivity contribution in [3.05, 3.63) is 71.5 Å². The van der Waals surface area contributed by atoms with Crippen LogP contribution in [0.15, 0.2) is 65.0 Å². The highest BCUT2D eigenvalue weighted by Crippen LogP contribution is 2.23. The summed E-state index contributed by atoms with van der Waals surface area (Å²) >= 11 is 1.39. The topological polar surface area (TPSA) is 88.6 Å². The zero-order valence-corrected chi connectivity index (χ0v) is 16.6. The van der Waals surface area contributed by atoms with Gasteiger partial charge in [-0.3, -0.25) is 9.52 Å². The third kappa shape index (κ3) is 4.38. The van der Waals surface area contributed by atoms with Gasteiger partial charge in [0.2, 0.25) is 0 Å². The molecule has 0 radical (unpaired) electrons. The van der Waals surface area contributed by atoms with E-state index >= 15 is 0 Å². The van der Waals surface area contributed by atoms with Crippen LogP contribution >= 0.6 is 11.3 Å². The van der Waals surface area contributed by atoms with Gasteiger partial charge in [-0.05, 0) is 36.4 Å². The van der Waals surface area contributed by atoms with Crippen LogP contribution in [-0.4, -0.2) is 43.4 Å². The van der Waals surface area contributed by atoms with Gasteiger partial charge in [0.1, 0.15) is 11.9 Å². The first-order valence-corrected chi connectivity index (χ1v) is 11.0. The maximum absolute atomic E-state index is 13.3. The summed E-state index contributed by atoms with van der Waals surface area (Å²) in [5.41, 5.74) is 0.563. The number of anilines is 1. The van der Waals surface area contributed by atoms with Gasteiger partial charge in [-0.2, -0.15) is 0 Å². The quantitative estimate of drug-likeness (QED) is 0.646. The first kappa shape index (κ1) is 19.3. The molecule has 7 nitrogen and oxygen atoms in total. The largest absolute Gasteiger partial charge is 0.463 e. The van der Waals surface area contributed by atoms with Crippen molar-refractivity contribution in [2.75, 3.05) is 17.8 Å². The number of likely N-dealkylation sites (tertiary alicyclic amines) is 1. The number of aromatic nitrogens is 1. The zero-order valence-electron chi connectivity index (χ0n) is 15.0. The average Bonchev–Trinajstić information content (AvgIpc) is 3.17. The summed E-state index contributed by atoms with van der Waals surface area (Å²) in [5, 5.41) is 2.38. The maximum Gasteiger partial charge on any atom is 0.273 e. The van der Waals surface area contributed by atoms with E-state index in [9.17, 15) is 17.6 Å². The summed E-state index contributed by atoms with van der Waals surface area (Å²) in [7, 11) is -3.97. The van der Waals surface area contributed by atoms with Crippen molar-refractivity contribution < 1.29 is 22.3 Å². The van der Waals surface area contributed by atoms with Crippen molar-refractivity contribution >= 4 is 33.0 Å². The van der Waals surface area contributed by atoms with E-state index in [2.05, 4.69) is 9.71 Å². The van der Waals surface area contributed by atoms with E-state index in [4.69, 9.17) is 4.74 Å². The molecule has 1 amide bonds. The molecule has 3 aromatic rings. The van der Waals surface area contributed by atoms with Gasteiger partial charge in [0, 0.05) is 22.8 Å². The molecule has 1 saturated heterocycles. The van der Waals surface area contributed by atoms with E-state index in [0.29, 0.717) is 23.8 Å². The third-order valence-corrected chi connectivity index (χ3v) is 6.32. The monoisotopic (exact) mass is 433 g/mol. The number of thiazole rings is 1. The van der Waals surface area contributed by atoms with Gasteiger partial charge >= 0.3 is 0 Å². The van der Waals surface area contributed by atoms with Gasteiger partial charge in [0.15, 0.2) is 0 Å². The van der Waals surface area contributed by atoms with E-state index in [0.717, 1.165) is 12.1 Å². The van der Waals surface area contributed by atoms with Gasteiger partial charge in [-0.15, -0.1) is 0 Å². The Hall–Kier alpha value is -2.98. The van der Waals surface area contributed by atoms with Crippen molar-refractivity contribution in [1.29, 1.82) is 0 Å². The highest BCUT2D eigenvalue weighted by molar-refractivity contribution is 7.92. The van der Waals surface area contributed by atoms with Gasteiger partial charge in [-0.25, -0.2) is 17.8 Å². The van der Waals surface area contributed by atoms with Crippen LogP contribution in [0.4, 0.5) is 10.1 Å². The Bertz CT molecular complexity index is 1130. The third-order valence-electron chi connectivity index (χ3n) is 4.28. The average molecular weight is 433 g/mol. The van der Waals surface area contributed by atoms with E-state index in [1.165, 1.54) is 35.6 Å². The van der Waals surface area contributed by atoms with Crippen molar-refractivity contribution in [2.24, 2.45) is 0 Å². The number of carbonyl (C=O) groups excluding carboxylic acids is 1. The first-order valence-electron chi connectivity index (χ1n) is 8.64. The Labute approximate surface area is 170 Å². The summed E-state index contributed by atoms with van der Waals surface area (Å²) in [4.78, 5) is 18.1. The lowest BCUT2D eigenvalue weighted by Crippen LogP contribution is -2.56. The summed E-state index contributed by atoms with van der Waals surface area (Å²) in [6.45, 7) is 0.856. The Morgan fingerprint density at radius 2 is 2.00 bits per heavy atom. The van der Waals surface area contributed by atoms with Gasteiger partial charge in [0.05, 0.1) is 18.0 Å². The number of hydrogen-bond acceptors (Lipinski definition) is 6. The second-order valence-corrected chi connectivity index (χ2v) is 8.93. The lowest BCUT2D eigenvalue weighted by atomic mass is 10.1. The fraction of sp³-hybridized carbons (Fsp3) is 0.158. The van der Waals surface area contributed by atoms with E-state index in [-0.39, 0.29) is 22.6 Å². The number of carbonyl (C=O) groups is 1. The second kappa shape index (κ2) is 7.80. The molecule has 150 valence electrons. The lowest BCUT2D eigenvalue weighted by Gasteiger charge is -2.38. The zero-order chi connectivity index (χ0) is 20.4. The van der Waals surface area contributed by atoms with Crippen LogP contribution in [0.2, 0.25) is 0 Å². The number of nitrogens with one attached hydrogen (secondary N) is 1. The molecule has 1 N–H and O–H groups in total. The molecule has 10 heteroatoms. The predicted octanol–water partition coefficient (Wildman–Crippen LogP) is 2.99. The first-order chi connectivity index (χ1) is 13.9. The van der Waals surface area contributed by atoms with Gasteiger partial charge < -0.3 is 9.64 Å². The number of halogens is 1. The SMILES string of the molecule is O=C(c1cccc(NS(=O)(=O)c2cccc(F)c2)c1)N1CC(Oc2nccs2)C1. The number of amides is 1. The second-order valence-electron chi connectivity index (χ2n) is 6.39. The minimum Gasteiger partial charge on any atom is -0.463 e. The molecule has 4 rings (SSSR count). The molecule has 2 aromatic carbocycles. The van der Waals surface area contributed by atoms with Crippen molar-refractivity contribution in [1.82, 2.24) is 9.88 Å². The molecule has 1 fully saturated rings. The molecule has 0 saturated carbocycles. The van der Waals surface area contributed by atoms with E-state index in [1.54, 1.807) is 23.2 Å². The maximum atomic E-state index is 13.3. The van der Waals surface area contributed by atoms with E-state index in [1.807, 2.05) is 5.38 Å². The molecule has 0 aliphatic carbocycles. The number of hydrogen-bond donors (Lipinski definition) is 1. The van der Waals surface area contributed by atoms with Crippen LogP contribution in [0.5, 0.6) is 5.19 Å². The molecular weight excluding hydrogens is 417 g/mol. The number of rotatable bonds is 6. The summed E-state index contributed by atoms with van der Waals surface area (Å²) in [6, 6.07) is 10.9. The van der Waals surface area contributed by atoms with Crippen LogP contribution in [0.25, 0.3) is 0 Å². The number of sulfonamides is 1. The summed E-state index contributed by atoms with van der Waals surface area (Å²) < 4.78 is 46.2. The summed E-state index contributed by atoms with van der Waals surface area (Å²) in [6.07, 6.45) is 1.54. The van der Waals surface area contributed by atoms with E-state index < -0.39 is 15.8 Å². The van der Waals surface area contributed by atoms with Gasteiger partial charge in [-0.1, -0.05) is 23.5 Å². The van der Waals surface area contributed by atoms with Crippen molar-refractivity contribution in [3.63, 3.8) is 0 Å². The van der Waals surface area contributed by atoms with Crippen LogP contribution < -0.4 is 9.46 Å². The normalized spacial score (nSPS) is 14.3. The Morgan fingerprint density at radius 1 is 1.21 bits per heavy atom. The number of ether oxygens (including phenoxy) is 1. The Kier molecular flexibility index (Phi) is 5.20. The molecule has 0 spiro atoms. The van der Waals surface area contributed by atoms with Crippen LogP contribution in [0.1, 0.15) is 10.4 Å². The van der Waals surface area contributed by atoms with Crippen LogP contribution in [-0.2, 0) is 10.0 Å². The molecule has 2 heterocycles. The molecule has 0 atom stereocenters. The minimum absolute atomic E-state index is 0.111. The minimum atomic E-state index is -3.97. The summed E-state index contributed by atoms with van der Waals surface area (Å²) in [5.74, 6) is -0.875. The predicted molar refractivity (Wildman–Crippen MR) is 106 cm³/mol. The number of benzene rings is 2. The van der Waals surface area contributed by atoms with Crippen LogP contribution in [0, 0.1) is 5.82 Å². The molecular formula is C19H16FN3O4S2. The van der Waals surface area contributed by atoms with Crippen LogP contribution in [0.3, 0.4) is 0 Å². The standard InChI is InChI=1S/C19H16FN3O4S2/c20-14-4-2-6-17(10-14)29(25,26)22-15-5-1-3-13(9-15)18(24)23-11-16(12-23)27-19-21-7-8-28-19/h1-10,16,22H,11-12H2. The number of nitrogens with zero attached hydrogens (tertiary/aromatic N) is 2. The molecule has 0 bridgehead atoms. The van der Waals surface area contributed by atoms with Crippen molar-refractivity contribution in [2.45, 2.75) is 11.0 Å². The Balaban J connectivity index is 1.42. The highest BCUT2D eigenvalue weighted by atomic mass is 32.2. The molecule has 1 aliphatic rings. The van der Waals surface area contributed by atoms with Crippen molar-refractivity contribution in [3.8, 4) is 5.19 Å². The molecule has 1 aliphatic heterocycles. The Morgan fingerprint density at radius 3 is 2.72 bits per heavy atom. The van der Waals surface area contributed by atoms with Gasteiger partial charge in [0.25, 0.3) is 21.1 Å². The fourth-order valence-corrected chi connectivity index (χ4v) is 4.47. The lowest BCUT2D eigenvalue weighted by molar-refractivity contribution is 0.0177. The molecule has 1 aromatic heterocycles. The molecule has 29 heavy (non-hydrogen) atoms. The molecule has 0 unspecified atom stereocenters.